The van der Waals surface area contributed by atoms with E-state index in [9.17, 15) is 0 Å². The summed E-state index contributed by atoms with van der Waals surface area (Å²) in [4.78, 5) is 0. The van der Waals surface area contributed by atoms with Crippen molar-refractivity contribution in [3.8, 4) is 22.3 Å². The van der Waals surface area contributed by atoms with Gasteiger partial charge in [0.05, 0.1) is 0 Å². The Bertz CT molecular complexity index is 2020. The van der Waals surface area contributed by atoms with E-state index in [0.717, 1.165) is 0 Å². The van der Waals surface area contributed by atoms with Crippen molar-refractivity contribution in [2.45, 2.75) is 130 Å². The van der Waals surface area contributed by atoms with Crippen LogP contribution in [0.15, 0.2) is 109 Å². The molecule has 312 valence electrons. The Morgan fingerprint density at radius 1 is 0.500 bits per heavy atom. The first-order valence-corrected chi connectivity index (χ1v) is 24.7. The van der Waals surface area contributed by atoms with Crippen LogP contribution in [0.1, 0.15) is 129 Å². The summed E-state index contributed by atoms with van der Waals surface area (Å²) in [5, 5.41) is 5.62. The molecule has 8 rings (SSSR count). The summed E-state index contributed by atoms with van der Waals surface area (Å²) in [6.07, 6.45) is 13.6. The van der Waals surface area contributed by atoms with Crippen LogP contribution in [0, 0.1) is 25.7 Å². The fourth-order valence-corrected chi connectivity index (χ4v) is 9.81. The number of fused-ring (bicyclic) bond motifs is 2. The van der Waals surface area contributed by atoms with Crippen molar-refractivity contribution in [1.29, 1.82) is 0 Å². The zero-order valence-corrected chi connectivity index (χ0v) is 42.4. The van der Waals surface area contributed by atoms with E-state index in [0.29, 0.717) is 10.8 Å². The van der Waals surface area contributed by atoms with Crippen LogP contribution >= 0.6 is 24.8 Å². The molecule has 0 atom stereocenters. The molecular weight excluding hydrogens is 839 g/mol. The minimum atomic E-state index is 0. The van der Waals surface area contributed by atoms with Crippen molar-refractivity contribution < 1.29 is 23.3 Å². The maximum atomic E-state index is 3.06. The Morgan fingerprint density at radius 3 is 1.14 bits per heavy atom. The van der Waals surface area contributed by atoms with Gasteiger partial charge >= 0.3 is 30.2 Å². The van der Waals surface area contributed by atoms with E-state index in [4.69, 9.17) is 0 Å². The van der Waals surface area contributed by atoms with Crippen LogP contribution in [0.3, 0.4) is 0 Å². The van der Waals surface area contributed by atoms with Gasteiger partial charge < -0.3 is 14.9 Å². The molecule has 0 N–H and O–H groups in total. The Morgan fingerprint density at radius 2 is 0.810 bits per heavy atom. The summed E-state index contributed by atoms with van der Waals surface area (Å²) in [6.45, 7) is 21.9. The fraction of sp³-hybridized carbons (Fsp3) is 0.407. The molecule has 0 nitrogen and oxygen atoms in total. The van der Waals surface area contributed by atoms with Crippen LogP contribution < -0.4 is 0 Å². The van der Waals surface area contributed by atoms with Crippen molar-refractivity contribution in [3.05, 3.63) is 146 Å². The Kier molecular flexibility index (Phi) is 19.3. The molecule has 2 fully saturated rings. The summed E-state index contributed by atoms with van der Waals surface area (Å²) in [6, 6.07) is 41.2. The molecule has 58 heavy (non-hydrogen) atoms. The molecule has 2 aliphatic carbocycles. The van der Waals surface area contributed by atoms with E-state index in [1.54, 1.807) is 0 Å². The van der Waals surface area contributed by atoms with E-state index in [1.807, 2.05) is 0 Å². The molecule has 2 radical (unpaired) electrons. The van der Waals surface area contributed by atoms with Crippen LogP contribution in [0.25, 0.3) is 43.8 Å². The number of rotatable bonds is 6. The minimum absolute atomic E-state index is 0. The predicted octanol–water partition coefficient (Wildman–Crippen LogP) is 16.7. The van der Waals surface area contributed by atoms with Gasteiger partial charge in [0.2, 0.25) is 0 Å². The van der Waals surface area contributed by atoms with Gasteiger partial charge in [-0.05, 0) is 82.4 Å². The van der Waals surface area contributed by atoms with Crippen molar-refractivity contribution in [2.75, 3.05) is 0 Å². The van der Waals surface area contributed by atoms with Crippen molar-refractivity contribution in [3.63, 3.8) is 0 Å². The predicted molar refractivity (Wildman–Crippen MR) is 261 cm³/mol. The second kappa shape index (κ2) is 21.5. The average molecular weight is 909 g/mol. The molecule has 6 aromatic carbocycles. The van der Waals surface area contributed by atoms with Crippen molar-refractivity contribution >= 4 is 53.2 Å². The van der Waals surface area contributed by atoms with Gasteiger partial charge in [0.25, 0.3) is 0 Å². The van der Waals surface area contributed by atoms with Gasteiger partial charge in [-0.3, -0.25) is 0 Å². The second-order valence-electron chi connectivity index (χ2n) is 19.3. The summed E-state index contributed by atoms with van der Waals surface area (Å²) in [5.41, 5.74) is 12.7. The van der Waals surface area contributed by atoms with E-state index in [-0.39, 0.29) is 50.5 Å². The zero-order chi connectivity index (χ0) is 38.7. The van der Waals surface area contributed by atoms with Crippen LogP contribution in [-0.2, 0) is 47.0 Å². The first-order chi connectivity index (χ1) is 25.7. The summed E-state index contributed by atoms with van der Waals surface area (Å²) in [7, 11) is 0. The zero-order valence-electron chi connectivity index (χ0n) is 37.3. The third-order valence-corrected chi connectivity index (χ3v) is 12.6. The Labute approximate surface area is 383 Å². The van der Waals surface area contributed by atoms with Gasteiger partial charge in [0, 0.05) is 0 Å². The van der Waals surface area contributed by atoms with Gasteiger partial charge in [0.1, 0.15) is 0 Å². The summed E-state index contributed by atoms with van der Waals surface area (Å²) < 4.78 is 0. The Balaban J connectivity index is 0.000000360. The third-order valence-electron chi connectivity index (χ3n) is 12.6. The number of benzene rings is 4. The maximum absolute atomic E-state index is 3.06. The molecule has 0 bridgehead atoms. The molecule has 0 saturated heterocycles. The standard InChI is InChI=1S/2C26H31.2CH3.2ClH.Si.Zr/c2*1-25(2,3)24-13-6-5-11-22(24)21-12-9-10-20-16-19(17-23(20)21)18-26(4)14-7-8-15-26;;;;;;/h2*5-6,9-13,16-17H,7-8,14-15,18H2,1-4H3;2*1H3;2*1H;;/q4*-1;;;;. The topological polar surface area (TPSA) is 0 Å². The summed E-state index contributed by atoms with van der Waals surface area (Å²) in [5.74, 6) is 0. The van der Waals surface area contributed by atoms with Crippen LogP contribution in [0.4, 0.5) is 0 Å². The quantitative estimate of drug-likeness (QED) is 0.115. The number of hydrogen-bond donors (Lipinski definition) is 0. The normalized spacial score (nSPS) is 15.4. The first kappa shape index (κ1) is 51.9. The molecule has 0 spiro atoms. The molecular formula is C54H70Cl2SiZr-4. The van der Waals surface area contributed by atoms with Crippen molar-refractivity contribution in [1.82, 2.24) is 0 Å². The second-order valence-corrected chi connectivity index (χ2v) is 19.3. The van der Waals surface area contributed by atoms with E-state index in [2.05, 4.69) is 171 Å². The van der Waals surface area contributed by atoms with Crippen molar-refractivity contribution in [2.24, 2.45) is 10.8 Å². The Hall–Kier alpha value is -2.22. The van der Waals surface area contributed by atoms with E-state index in [1.165, 1.54) is 154 Å². The molecule has 4 heteroatoms. The van der Waals surface area contributed by atoms with Crippen LogP contribution in [0.5, 0.6) is 0 Å². The average Bonchev–Trinajstić information content (AvgIpc) is 3.95. The van der Waals surface area contributed by atoms with Gasteiger partial charge in [0.15, 0.2) is 0 Å². The molecule has 2 aliphatic rings. The monoisotopic (exact) mass is 906 g/mol. The van der Waals surface area contributed by atoms with Gasteiger partial charge in [-0.25, -0.2) is 0 Å². The molecule has 2 saturated carbocycles. The van der Waals surface area contributed by atoms with Gasteiger partial charge in [-0.2, -0.15) is 12.1 Å². The molecule has 0 aliphatic heterocycles. The molecule has 0 amide bonds. The van der Waals surface area contributed by atoms with E-state index >= 15 is 0 Å². The molecule has 0 unspecified atom stereocenters. The molecule has 0 aromatic heterocycles. The van der Waals surface area contributed by atoms with Gasteiger partial charge in [-0.15, -0.1) is 93.9 Å². The third kappa shape index (κ3) is 12.0. The van der Waals surface area contributed by atoms with Crippen LogP contribution in [-0.4, -0.2) is 6.88 Å². The number of hydrogen-bond acceptors (Lipinski definition) is 0. The molecule has 0 heterocycles. The van der Waals surface area contributed by atoms with Gasteiger partial charge in [-0.1, -0.05) is 153 Å². The summed E-state index contributed by atoms with van der Waals surface area (Å²) >= 11 is 1.36. The fourth-order valence-electron chi connectivity index (χ4n) is 9.81. The van der Waals surface area contributed by atoms with E-state index < -0.39 is 0 Å². The first-order valence-electron chi connectivity index (χ1n) is 20.5. The van der Waals surface area contributed by atoms with Crippen LogP contribution in [0.2, 0.25) is 0 Å². The SMILES string of the molecule is CC1(Cc2cc3c(-c4ccccc4C(C)(C)C)cccc3[cH-]2)CCCC1.CC1(Cc2cc3c(-c4ccccc4C(C)(C)C)cccc3[cH-]2)CCCC1.Cl.Cl.[CH3-].[CH3-].[Si]=[Zr]. The molecule has 6 aromatic rings. The number of halogens is 2.